The summed E-state index contributed by atoms with van der Waals surface area (Å²) in [5, 5.41) is 0. The Morgan fingerprint density at radius 2 is 2.00 bits per heavy atom. The Labute approximate surface area is 82.6 Å². The molecule has 0 atom stereocenters. The first kappa shape index (κ1) is 10.4. The molecule has 0 aliphatic rings. The molecule has 0 saturated heterocycles. The van der Waals surface area contributed by atoms with E-state index in [4.69, 9.17) is 4.74 Å². The predicted octanol–water partition coefficient (Wildman–Crippen LogP) is 3.38. The summed E-state index contributed by atoms with van der Waals surface area (Å²) in [6.07, 6.45) is 0.745. The van der Waals surface area contributed by atoms with Crippen LogP contribution >= 0.6 is 12.1 Å². The molecule has 0 aromatic heterocycles. The lowest BCUT2D eigenvalue weighted by Gasteiger charge is -2.04. The number of aryl methyl sites for hydroxylation is 1. The maximum atomic E-state index is 11.6. The third-order valence-corrected chi connectivity index (χ3v) is 2.10. The highest BCUT2D eigenvalue weighted by molar-refractivity contribution is 7.94. The molecule has 0 fully saturated rings. The Balaban J connectivity index is 2.25. The van der Waals surface area contributed by atoms with Crippen molar-refractivity contribution >= 4 is 12.1 Å². The molecule has 0 radical (unpaired) electrons. The van der Waals surface area contributed by atoms with Gasteiger partial charge >= 0.3 is 0 Å². The lowest BCUT2D eigenvalue weighted by atomic mass is 10.2. The SMILES string of the molecule is Cc1ccc(OCCCSF)cc1. The third kappa shape index (κ3) is 4.18. The van der Waals surface area contributed by atoms with Crippen molar-refractivity contribution in [1.29, 1.82) is 0 Å². The molecule has 3 heteroatoms. The van der Waals surface area contributed by atoms with Crippen LogP contribution in [0.5, 0.6) is 5.75 Å². The molecule has 1 nitrogen and oxygen atoms in total. The number of benzene rings is 1. The van der Waals surface area contributed by atoms with E-state index in [1.807, 2.05) is 31.2 Å². The van der Waals surface area contributed by atoms with Crippen molar-refractivity contribution in [2.75, 3.05) is 12.4 Å². The topological polar surface area (TPSA) is 9.23 Å². The molecule has 1 aromatic rings. The van der Waals surface area contributed by atoms with Crippen LogP contribution in [0.4, 0.5) is 3.89 Å². The van der Waals surface area contributed by atoms with Gasteiger partial charge in [-0.15, -0.1) is 0 Å². The van der Waals surface area contributed by atoms with E-state index in [-0.39, 0.29) is 0 Å². The van der Waals surface area contributed by atoms with E-state index in [2.05, 4.69) is 0 Å². The van der Waals surface area contributed by atoms with Gasteiger partial charge in [0.15, 0.2) is 0 Å². The van der Waals surface area contributed by atoms with Crippen LogP contribution in [0.15, 0.2) is 24.3 Å². The summed E-state index contributed by atoms with van der Waals surface area (Å²) in [5.41, 5.74) is 1.21. The van der Waals surface area contributed by atoms with E-state index in [0.29, 0.717) is 24.5 Å². The molecule has 0 aliphatic carbocycles. The second-order valence-corrected chi connectivity index (χ2v) is 3.45. The van der Waals surface area contributed by atoms with Gasteiger partial charge in [0.05, 0.1) is 6.61 Å². The molecule has 72 valence electrons. The molecule has 0 aliphatic heterocycles. The summed E-state index contributed by atoms with van der Waals surface area (Å²) >= 11 is 0.359. The molecule has 0 amide bonds. The van der Waals surface area contributed by atoms with Gasteiger partial charge in [0.2, 0.25) is 0 Å². The molecule has 0 N–H and O–H groups in total. The first-order valence-corrected chi connectivity index (χ1v) is 5.14. The van der Waals surface area contributed by atoms with Crippen LogP contribution in [0.1, 0.15) is 12.0 Å². The predicted molar refractivity (Wildman–Crippen MR) is 54.9 cm³/mol. The number of hydrogen-bond acceptors (Lipinski definition) is 2. The molecular formula is C10H13FOS. The zero-order chi connectivity index (χ0) is 9.52. The van der Waals surface area contributed by atoms with Gasteiger partial charge in [-0.3, -0.25) is 0 Å². The van der Waals surface area contributed by atoms with Crippen LogP contribution in [0.25, 0.3) is 0 Å². The van der Waals surface area contributed by atoms with Gasteiger partial charge in [0, 0.05) is 17.9 Å². The van der Waals surface area contributed by atoms with Gasteiger partial charge in [-0.25, -0.2) is 0 Å². The third-order valence-electron chi connectivity index (χ3n) is 1.66. The summed E-state index contributed by atoms with van der Waals surface area (Å²) in [6.45, 7) is 2.61. The Hall–Kier alpha value is -0.700. The Morgan fingerprint density at radius 3 is 2.62 bits per heavy atom. The maximum absolute atomic E-state index is 11.6. The van der Waals surface area contributed by atoms with Crippen molar-refractivity contribution in [2.45, 2.75) is 13.3 Å². The van der Waals surface area contributed by atoms with Crippen molar-refractivity contribution in [3.05, 3.63) is 29.8 Å². The Kier molecular flexibility index (Phi) is 4.68. The quantitative estimate of drug-likeness (QED) is 0.674. The van der Waals surface area contributed by atoms with Crippen LogP contribution in [0.3, 0.4) is 0 Å². The minimum absolute atomic E-state index is 0.359. The van der Waals surface area contributed by atoms with Crippen molar-refractivity contribution in [2.24, 2.45) is 0 Å². The highest BCUT2D eigenvalue weighted by Crippen LogP contribution is 2.12. The first-order chi connectivity index (χ1) is 6.33. The molecule has 0 bridgehead atoms. The molecule has 13 heavy (non-hydrogen) atoms. The van der Waals surface area contributed by atoms with Crippen LogP contribution in [0, 0.1) is 6.92 Å². The van der Waals surface area contributed by atoms with Gasteiger partial charge in [-0.2, -0.15) is 3.89 Å². The van der Waals surface area contributed by atoms with Crippen LogP contribution in [-0.2, 0) is 0 Å². The van der Waals surface area contributed by atoms with E-state index < -0.39 is 0 Å². The Bertz CT molecular complexity index is 235. The average Bonchev–Trinajstić information content (AvgIpc) is 2.15. The van der Waals surface area contributed by atoms with Gasteiger partial charge in [0.1, 0.15) is 5.75 Å². The smallest absolute Gasteiger partial charge is 0.119 e. The Morgan fingerprint density at radius 1 is 1.31 bits per heavy atom. The van der Waals surface area contributed by atoms with Gasteiger partial charge in [-0.1, -0.05) is 17.7 Å². The summed E-state index contributed by atoms with van der Waals surface area (Å²) in [7, 11) is 0. The highest BCUT2D eigenvalue weighted by Gasteiger charge is 1.92. The number of ether oxygens (including phenoxy) is 1. The van der Waals surface area contributed by atoms with Crippen LogP contribution in [0.2, 0.25) is 0 Å². The zero-order valence-electron chi connectivity index (χ0n) is 7.63. The largest absolute Gasteiger partial charge is 0.494 e. The normalized spacial score (nSPS) is 10.0. The van der Waals surface area contributed by atoms with Crippen LogP contribution in [-0.4, -0.2) is 12.4 Å². The van der Waals surface area contributed by atoms with Gasteiger partial charge < -0.3 is 4.74 Å². The molecule has 0 unspecified atom stereocenters. The lowest BCUT2D eigenvalue weighted by Crippen LogP contribution is -1.97. The zero-order valence-corrected chi connectivity index (χ0v) is 8.44. The average molecular weight is 200 g/mol. The van der Waals surface area contributed by atoms with Crippen LogP contribution < -0.4 is 4.74 Å². The molecule has 0 spiro atoms. The number of hydrogen-bond donors (Lipinski definition) is 0. The fourth-order valence-electron chi connectivity index (χ4n) is 0.938. The van der Waals surface area contributed by atoms with E-state index in [0.717, 1.165) is 12.2 Å². The van der Waals surface area contributed by atoms with E-state index in [9.17, 15) is 3.89 Å². The molecule has 0 heterocycles. The second-order valence-electron chi connectivity index (χ2n) is 2.83. The molecular weight excluding hydrogens is 187 g/mol. The lowest BCUT2D eigenvalue weighted by molar-refractivity contribution is 0.318. The summed E-state index contributed by atoms with van der Waals surface area (Å²) in [6, 6.07) is 7.86. The summed E-state index contributed by atoms with van der Waals surface area (Å²) < 4.78 is 17.0. The van der Waals surface area contributed by atoms with Crippen molar-refractivity contribution in [1.82, 2.24) is 0 Å². The maximum Gasteiger partial charge on any atom is 0.119 e. The number of halogens is 1. The fourth-order valence-corrected chi connectivity index (χ4v) is 1.16. The van der Waals surface area contributed by atoms with Gasteiger partial charge in [-0.05, 0) is 25.5 Å². The summed E-state index contributed by atoms with van der Waals surface area (Å²) in [5.74, 6) is 1.36. The minimum Gasteiger partial charge on any atom is -0.494 e. The van der Waals surface area contributed by atoms with Crippen molar-refractivity contribution < 1.29 is 8.62 Å². The van der Waals surface area contributed by atoms with Gasteiger partial charge in [0.25, 0.3) is 0 Å². The highest BCUT2D eigenvalue weighted by atomic mass is 32.2. The minimum atomic E-state index is 0.359. The van der Waals surface area contributed by atoms with Crippen molar-refractivity contribution in [3.63, 3.8) is 0 Å². The standard InChI is InChI=1S/C10H13FOS/c1-9-3-5-10(6-4-9)12-7-2-8-13-11/h3-6H,2,7-8H2,1H3. The summed E-state index contributed by atoms with van der Waals surface area (Å²) in [4.78, 5) is 0. The van der Waals surface area contributed by atoms with Crippen molar-refractivity contribution in [3.8, 4) is 5.75 Å². The van der Waals surface area contributed by atoms with E-state index in [1.54, 1.807) is 0 Å². The first-order valence-electron chi connectivity index (χ1n) is 4.26. The molecule has 1 rings (SSSR count). The number of rotatable bonds is 5. The molecule has 0 saturated carbocycles. The molecule has 1 aromatic carbocycles. The van der Waals surface area contributed by atoms with E-state index >= 15 is 0 Å². The fraction of sp³-hybridized carbons (Fsp3) is 0.400. The van der Waals surface area contributed by atoms with E-state index in [1.165, 1.54) is 5.56 Å². The second kappa shape index (κ2) is 5.86. The monoisotopic (exact) mass is 200 g/mol.